The van der Waals surface area contributed by atoms with Gasteiger partial charge in [0.2, 0.25) is 0 Å². The summed E-state index contributed by atoms with van der Waals surface area (Å²) in [5.74, 6) is 0.474. The maximum atomic E-state index is 12.6. The Hall–Kier alpha value is -2.30. The molecule has 2 nitrogen and oxygen atoms in total. The van der Waals surface area contributed by atoms with Crippen molar-refractivity contribution in [3.8, 4) is 5.75 Å². The summed E-state index contributed by atoms with van der Waals surface area (Å²) in [7, 11) is 0. The van der Waals surface area contributed by atoms with Gasteiger partial charge in [0, 0.05) is 5.56 Å². The number of carbonyl (C=O) groups excluding carboxylic acids is 1. The van der Waals surface area contributed by atoms with Crippen molar-refractivity contribution in [1.29, 1.82) is 0 Å². The van der Waals surface area contributed by atoms with Crippen molar-refractivity contribution in [3.05, 3.63) is 64.7 Å². The maximum absolute atomic E-state index is 12.6. The highest BCUT2D eigenvalue weighted by Gasteiger charge is 2.30. The Morgan fingerprint density at radius 3 is 2.45 bits per heavy atom. The Morgan fingerprint density at radius 1 is 1.14 bits per heavy atom. The third-order valence-electron chi connectivity index (χ3n) is 3.24. The van der Waals surface area contributed by atoms with Gasteiger partial charge in [0.1, 0.15) is 12.4 Å². The zero-order chi connectivity index (χ0) is 16.3. The second kappa shape index (κ2) is 6.22. The fraction of sp³-hybridized carbons (Fsp3) is 0.235. The number of rotatable bonds is 4. The second-order valence-electron chi connectivity index (χ2n) is 5.02. The molecule has 0 unspecified atom stereocenters. The third-order valence-corrected chi connectivity index (χ3v) is 3.24. The fourth-order valence-electron chi connectivity index (χ4n) is 2.13. The van der Waals surface area contributed by atoms with Gasteiger partial charge >= 0.3 is 6.18 Å². The number of hydrogen-bond acceptors (Lipinski definition) is 2. The van der Waals surface area contributed by atoms with Crippen LogP contribution in [0.25, 0.3) is 0 Å². The number of benzene rings is 2. The van der Waals surface area contributed by atoms with Crippen LogP contribution in [0.15, 0.2) is 42.5 Å². The first-order chi connectivity index (χ1) is 10.3. The van der Waals surface area contributed by atoms with E-state index in [9.17, 15) is 18.0 Å². The van der Waals surface area contributed by atoms with Crippen molar-refractivity contribution in [2.45, 2.75) is 26.6 Å². The number of Topliss-reactive ketones (excluding diaryl/α,β-unsaturated/α-hetero) is 1. The van der Waals surface area contributed by atoms with Crippen LogP contribution in [-0.2, 0) is 12.8 Å². The zero-order valence-electron chi connectivity index (χ0n) is 12.2. The molecule has 0 saturated carbocycles. The minimum atomic E-state index is -4.37. The number of alkyl halides is 3. The molecular weight excluding hydrogens is 293 g/mol. The molecule has 0 saturated heterocycles. The number of hydrogen-bond donors (Lipinski definition) is 0. The van der Waals surface area contributed by atoms with E-state index in [1.165, 1.54) is 13.0 Å². The van der Waals surface area contributed by atoms with Gasteiger partial charge in [0.05, 0.1) is 5.56 Å². The van der Waals surface area contributed by atoms with E-state index in [1.807, 2.05) is 0 Å². The Morgan fingerprint density at radius 2 is 1.86 bits per heavy atom. The van der Waals surface area contributed by atoms with Crippen LogP contribution in [-0.4, -0.2) is 5.78 Å². The van der Waals surface area contributed by atoms with Crippen LogP contribution in [0.5, 0.6) is 5.75 Å². The van der Waals surface area contributed by atoms with Gasteiger partial charge in [-0.1, -0.05) is 12.1 Å². The zero-order valence-corrected chi connectivity index (χ0v) is 12.2. The van der Waals surface area contributed by atoms with E-state index >= 15 is 0 Å². The number of ether oxygens (including phenoxy) is 1. The summed E-state index contributed by atoms with van der Waals surface area (Å²) in [6.07, 6.45) is -4.37. The molecule has 0 N–H and O–H groups in total. The van der Waals surface area contributed by atoms with Gasteiger partial charge < -0.3 is 4.74 Å². The summed E-state index contributed by atoms with van der Waals surface area (Å²) in [5, 5.41) is 0. The summed E-state index contributed by atoms with van der Waals surface area (Å²) in [4.78, 5) is 11.3. The first-order valence-corrected chi connectivity index (χ1v) is 6.68. The van der Waals surface area contributed by atoms with E-state index in [2.05, 4.69) is 0 Å². The monoisotopic (exact) mass is 308 g/mol. The van der Waals surface area contributed by atoms with E-state index < -0.39 is 11.7 Å². The Bertz CT molecular complexity index is 691. The molecule has 2 rings (SSSR count). The molecule has 0 heterocycles. The topological polar surface area (TPSA) is 26.3 Å². The molecular formula is C17H15F3O2. The molecule has 116 valence electrons. The van der Waals surface area contributed by atoms with Crippen LogP contribution in [0, 0.1) is 6.92 Å². The van der Waals surface area contributed by atoms with E-state index in [4.69, 9.17) is 4.74 Å². The Labute approximate surface area is 126 Å². The highest BCUT2D eigenvalue weighted by atomic mass is 19.4. The highest BCUT2D eigenvalue weighted by molar-refractivity contribution is 5.95. The summed E-state index contributed by atoms with van der Waals surface area (Å²) in [5.41, 5.74) is 1.11. The highest BCUT2D eigenvalue weighted by Crippen LogP contribution is 2.29. The second-order valence-corrected chi connectivity index (χ2v) is 5.02. The standard InChI is InChI=1S/C17H15F3O2/c1-11-8-15(6-7-16(11)12(2)21)22-10-13-4-3-5-14(9-13)17(18,19)20/h3-9H,10H2,1-2H3. The maximum Gasteiger partial charge on any atom is 0.416 e. The first kappa shape index (κ1) is 16.1. The predicted molar refractivity (Wildman–Crippen MR) is 77.0 cm³/mol. The lowest BCUT2D eigenvalue weighted by Gasteiger charge is -2.11. The van der Waals surface area contributed by atoms with Gasteiger partial charge in [-0.25, -0.2) is 0 Å². The molecule has 2 aromatic carbocycles. The quantitative estimate of drug-likeness (QED) is 0.759. The number of carbonyl (C=O) groups is 1. The third kappa shape index (κ3) is 3.87. The van der Waals surface area contributed by atoms with E-state index in [1.54, 1.807) is 31.2 Å². The summed E-state index contributed by atoms with van der Waals surface area (Å²) in [6.45, 7) is 3.29. The van der Waals surface area contributed by atoms with Gasteiger partial charge in [-0.05, 0) is 55.3 Å². The summed E-state index contributed by atoms with van der Waals surface area (Å²) >= 11 is 0. The normalized spacial score (nSPS) is 11.3. The molecule has 0 aliphatic rings. The molecule has 0 amide bonds. The van der Waals surface area contributed by atoms with Crippen molar-refractivity contribution in [2.24, 2.45) is 0 Å². The molecule has 0 aromatic heterocycles. The van der Waals surface area contributed by atoms with E-state index in [0.29, 0.717) is 16.9 Å². The molecule has 0 aliphatic heterocycles. The molecule has 0 bridgehead atoms. The van der Waals surface area contributed by atoms with Crippen molar-refractivity contribution >= 4 is 5.78 Å². The smallest absolute Gasteiger partial charge is 0.416 e. The molecule has 0 aliphatic carbocycles. The molecule has 0 radical (unpaired) electrons. The first-order valence-electron chi connectivity index (χ1n) is 6.68. The Kier molecular flexibility index (Phi) is 4.54. The Balaban J connectivity index is 2.10. The van der Waals surface area contributed by atoms with Crippen LogP contribution >= 0.6 is 0 Å². The van der Waals surface area contributed by atoms with Crippen LogP contribution < -0.4 is 4.74 Å². The molecule has 0 atom stereocenters. The number of halogens is 3. The van der Waals surface area contributed by atoms with Gasteiger partial charge in [-0.15, -0.1) is 0 Å². The predicted octanol–water partition coefficient (Wildman–Crippen LogP) is 4.80. The van der Waals surface area contributed by atoms with Crippen LogP contribution in [0.4, 0.5) is 13.2 Å². The lowest BCUT2D eigenvalue weighted by molar-refractivity contribution is -0.137. The fourth-order valence-corrected chi connectivity index (χ4v) is 2.13. The SMILES string of the molecule is CC(=O)c1ccc(OCc2cccc(C(F)(F)F)c2)cc1C. The van der Waals surface area contributed by atoms with Gasteiger partial charge in [0.15, 0.2) is 5.78 Å². The largest absolute Gasteiger partial charge is 0.489 e. The van der Waals surface area contributed by atoms with E-state index in [0.717, 1.165) is 17.7 Å². The van der Waals surface area contributed by atoms with Gasteiger partial charge in [-0.2, -0.15) is 13.2 Å². The van der Waals surface area contributed by atoms with Crippen LogP contribution in [0.3, 0.4) is 0 Å². The van der Waals surface area contributed by atoms with Crippen LogP contribution in [0.2, 0.25) is 0 Å². The van der Waals surface area contributed by atoms with Crippen molar-refractivity contribution < 1.29 is 22.7 Å². The molecule has 2 aromatic rings. The van der Waals surface area contributed by atoms with E-state index in [-0.39, 0.29) is 12.4 Å². The van der Waals surface area contributed by atoms with Gasteiger partial charge in [0.25, 0.3) is 0 Å². The lowest BCUT2D eigenvalue weighted by Crippen LogP contribution is -2.06. The molecule has 5 heteroatoms. The van der Waals surface area contributed by atoms with Crippen molar-refractivity contribution in [3.63, 3.8) is 0 Å². The molecule has 0 spiro atoms. The number of aryl methyl sites for hydroxylation is 1. The van der Waals surface area contributed by atoms with Crippen molar-refractivity contribution in [2.75, 3.05) is 0 Å². The average Bonchev–Trinajstić information content (AvgIpc) is 2.44. The lowest BCUT2D eigenvalue weighted by atomic mass is 10.1. The molecule has 22 heavy (non-hydrogen) atoms. The summed E-state index contributed by atoms with van der Waals surface area (Å²) < 4.78 is 43.4. The molecule has 0 fully saturated rings. The average molecular weight is 308 g/mol. The van der Waals surface area contributed by atoms with Gasteiger partial charge in [-0.3, -0.25) is 4.79 Å². The van der Waals surface area contributed by atoms with Crippen molar-refractivity contribution in [1.82, 2.24) is 0 Å². The summed E-state index contributed by atoms with van der Waals surface area (Å²) in [6, 6.07) is 10.0. The minimum absolute atomic E-state index is 0.0305. The minimum Gasteiger partial charge on any atom is -0.489 e. The van der Waals surface area contributed by atoms with Crippen LogP contribution in [0.1, 0.15) is 34.0 Å². The number of ketones is 1.